The molecule has 1 aromatic rings. The molecule has 0 aromatic carbocycles. The third kappa shape index (κ3) is 3.36. The first-order valence-corrected chi connectivity index (χ1v) is 6.83. The summed E-state index contributed by atoms with van der Waals surface area (Å²) in [5.41, 5.74) is 0.590. The molecular weight excluding hydrogens is 264 g/mol. The zero-order chi connectivity index (χ0) is 13.8. The summed E-state index contributed by atoms with van der Waals surface area (Å²) in [5.74, 6) is 0.635. The number of amides is 1. The Bertz CT molecular complexity index is 458. The smallest absolute Gasteiger partial charge is 0.254 e. The van der Waals surface area contributed by atoms with E-state index in [4.69, 9.17) is 11.6 Å². The lowest BCUT2D eigenvalue weighted by Gasteiger charge is -2.31. The molecule has 0 radical (unpaired) electrons. The van der Waals surface area contributed by atoms with E-state index in [1.165, 1.54) is 0 Å². The van der Waals surface area contributed by atoms with Gasteiger partial charge in [-0.25, -0.2) is 4.98 Å². The molecule has 104 valence electrons. The summed E-state index contributed by atoms with van der Waals surface area (Å²) in [6, 6.07) is 3.87. The van der Waals surface area contributed by atoms with Crippen molar-refractivity contribution in [1.29, 1.82) is 0 Å². The standard InChI is InChI=1S/C13H19ClN4O/c1-15-10-3-5-18(6-4-10)13(19)9-7-11(14)17-12(8-9)16-2/h7-8,10,15H,3-6H2,1-2H3,(H,16,17). The summed E-state index contributed by atoms with van der Waals surface area (Å²) in [4.78, 5) is 18.4. The minimum Gasteiger partial charge on any atom is -0.373 e. The maximum atomic E-state index is 12.4. The second-order valence-corrected chi connectivity index (χ2v) is 5.06. The van der Waals surface area contributed by atoms with Crippen molar-refractivity contribution in [2.24, 2.45) is 0 Å². The van der Waals surface area contributed by atoms with Gasteiger partial charge >= 0.3 is 0 Å². The summed E-state index contributed by atoms with van der Waals surface area (Å²) in [7, 11) is 3.72. The molecular formula is C13H19ClN4O. The van der Waals surface area contributed by atoms with Gasteiger partial charge in [0.05, 0.1) is 0 Å². The quantitative estimate of drug-likeness (QED) is 0.827. The summed E-state index contributed by atoms with van der Waals surface area (Å²) in [6.45, 7) is 1.55. The van der Waals surface area contributed by atoms with Gasteiger partial charge in [-0.3, -0.25) is 4.79 Å². The first-order chi connectivity index (χ1) is 9.13. The lowest BCUT2D eigenvalue weighted by Crippen LogP contribution is -2.43. The number of rotatable bonds is 3. The van der Waals surface area contributed by atoms with E-state index in [0.717, 1.165) is 25.9 Å². The SMILES string of the molecule is CNc1cc(C(=O)N2CCC(NC)CC2)cc(Cl)n1. The first kappa shape index (κ1) is 14.1. The van der Waals surface area contributed by atoms with E-state index < -0.39 is 0 Å². The van der Waals surface area contributed by atoms with Gasteiger partial charge in [0.1, 0.15) is 11.0 Å². The number of anilines is 1. The molecule has 1 fully saturated rings. The van der Waals surface area contributed by atoms with Crippen LogP contribution in [0.3, 0.4) is 0 Å². The molecule has 6 heteroatoms. The van der Waals surface area contributed by atoms with E-state index in [2.05, 4.69) is 15.6 Å². The van der Waals surface area contributed by atoms with Crippen LogP contribution in [0.2, 0.25) is 5.15 Å². The van der Waals surface area contributed by atoms with Crippen LogP contribution in [0.25, 0.3) is 0 Å². The number of hydrogen-bond acceptors (Lipinski definition) is 4. The van der Waals surface area contributed by atoms with Crippen LogP contribution in [0, 0.1) is 0 Å². The summed E-state index contributed by atoms with van der Waals surface area (Å²) < 4.78 is 0. The van der Waals surface area contributed by atoms with Gasteiger partial charge in [0.15, 0.2) is 0 Å². The van der Waals surface area contributed by atoms with Crippen LogP contribution in [-0.2, 0) is 0 Å². The molecule has 1 saturated heterocycles. The minimum atomic E-state index is 0.0235. The maximum absolute atomic E-state index is 12.4. The van der Waals surface area contributed by atoms with E-state index in [-0.39, 0.29) is 5.91 Å². The zero-order valence-electron chi connectivity index (χ0n) is 11.2. The van der Waals surface area contributed by atoms with Crippen LogP contribution in [0.1, 0.15) is 23.2 Å². The van der Waals surface area contributed by atoms with Crippen LogP contribution in [0.4, 0.5) is 5.82 Å². The van der Waals surface area contributed by atoms with Gasteiger partial charge < -0.3 is 15.5 Å². The van der Waals surface area contributed by atoms with E-state index in [9.17, 15) is 4.79 Å². The third-order valence-electron chi connectivity index (χ3n) is 3.49. The highest BCUT2D eigenvalue weighted by atomic mass is 35.5. The highest BCUT2D eigenvalue weighted by Gasteiger charge is 2.23. The van der Waals surface area contributed by atoms with Gasteiger partial charge in [-0.2, -0.15) is 0 Å². The number of aromatic nitrogens is 1. The molecule has 0 unspecified atom stereocenters. The van der Waals surface area contributed by atoms with E-state index in [0.29, 0.717) is 22.6 Å². The largest absolute Gasteiger partial charge is 0.373 e. The molecule has 1 aliphatic heterocycles. The number of pyridine rings is 1. The predicted octanol–water partition coefficient (Wildman–Crippen LogP) is 1.60. The van der Waals surface area contributed by atoms with Gasteiger partial charge in [0, 0.05) is 31.7 Å². The van der Waals surface area contributed by atoms with Crippen LogP contribution in [0.15, 0.2) is 12.1 Å². The number of likely N-dealkylation sites (tertiary alicyclic amines) is 1. The molecule has 0 bridgehead atoms. The van der Waals surface area contributed by atoms with Crippen LogP contribution < -0.4 is 10.6 Å². The Morgan fingerprint density at radius 3 is 2.63 bits per heavy atom. The number of carbonyl (C=O) groups excluding carboxylic acids is 1. The fraction of sp³-hybridized carbons (Fsp3) is 0.538. The predicted molar refractivity (Wildman–Crippen MR) is 76.8 cm³/mol. The Kier molecular flexibility index (Phi) is 4.61. The molecule has 1 aromatic heterocycles. The Balaban J connectivity index is 2.09. The highest BCUT2D eigenvalue weighted by Crippen LogP contribution is 2.18. The summed E-state index contributed by atoms with van der Waals surface area (Å²) in [6.07, 6.45) is 1.97. The Labute approximate surface area is 118 Å². The second-order valence-electron chi connectivity index (χ2n) is 4.67. The van der Waals surface area contributed by atoms with Gasteiger partial charge in [-0.15, -0.1) is 0 Å². The lowest BCUT2D eigenvalue weighted by atomic mass is 10.0. The number of hydrogen-bond donors (Lipinski definition) is 2. The minimum absolute atomic E-state index is 0.0235. The molecule has 0 aliphatic carbocycles. The van der Waals surface area contributed by atoms with Crippen molar-refractivity contribution in [2.75, 3.05) is 32.5 Å². The molecule has 0 spiro atoms. The molecule has 1 amide bonds. The van der Waals surface area contributed by atoms with Crippen LogP contribution in [-0.4, -0.2) is 49.0 Å². The Morgan fingerprint density at radius 1 is 1.37 bits per heavy atom. The number of piperidine rings is 1. The van der Waals surface area contributed by atoms with Crippen molar-refractivity contribution < 1.29 is 4.79 Å². The topological polar surface area (TPSA) is 57.3 Å². The average Bonchev–Trinajstić information content (AvgIpc) is 2.46. The average molecular weight is 283 g/mol. The molecule has 19 heavy (non-hydrogen) atoms. The maximum Gasteiger partial charge on any atom is 0.254 e. The van der Waals surface area contributed by atoms with Crippen molar-refractivity contribution in [2.45, 2.75) is 18.9 Å². The van der Waals surface area contributed by atoms with Crippen molar-refractivity contribution in [3.8, 4) is 0 Å². The number of halogens is 1. The fourth-order valence-electron chi connectivity index (χ4n) is 2.30. The number of nitrogens with zero attached hydrogens (tertiary/aromatic N) is 2. The molecule has 2 heterocycles. The normalized spacial score (nSPS) is 16.5. The lowest BCUT2D eigenvalue weighted by molar-refractivity contribution is 0.0707. The number of carbonyl (C=O) groups is 1. The third-order valence-corrected chi connectivity index (χ3v) is 3.68. The van der Waals surface area contributed by atoms with Gasteiger partial charge in [0.25, 0.3) is 5.91 Å². The number of nitrogens with one attached hydrogen (secondary N) is 2. The van der Waals surface area contributed by atoms with Crippen molar-refractivity contribution in [1.82, 2.24) is 15.2 Å². The van der Waals surface area contributed by atoms with Gasteiger partial charge in [-0.05, 0) is 32.0 Å². The van der Waals surface area contributed by atoms with Crippen molar-refractivity contribution in [3.05, 3.63) is 22.8 Å². The van der Waals surface area contributed by atoms with E-state index in [1.54, 1.807) is 19.2 Å². The molecule has 2 N–H and O–H groups in total. The fourth-order valence-corrected chi connectivity index (χ4v) is 2.51. The van der Waals surface area contributed by atoms with Crippen molar-refractivity contribution >= 4 is 23.3 Å². The van der Waals surface area contributed by atoms with E-state index >= 15 is 0 Å². The van der Waals surface area contributed by atoms with Crippen LogP contribution in [0.5, 0.6) is 0 Å². The molecule has 0 atom stereocenters. The van der Waals surface area contributed by atoms with E-state index in [1.807, 2.05) is 11.9 Å². The summed E-state index contributed by atoms with van der Waals surface area (Å²) >= 11 is 5.93. The Hall–Kier alpha value is -1.33. The molecule has 2 rings (SSSR count). The molecule has 1 aliphatic rings. The zero-order valence-corrected chi connectivity index (χ0v) is 12.0. The van der Waals surface area contributed by atoms with Gasteiger partial charge in [0.2, 0.25) is 0 Å². The van der Waals surface area contributed by atoms with Gasteiger partial charge in [-0.1, -0.05) is 11.6 Å². The monoisotopic (exact) mass is 282 g/mol. The molecule has 0 saturated carbocycles. The summed E-state index contributed by atoms with van der Waals surface area (Å²) in [5, 5.41) is 6.49. The van der Waals surface area contributed by atoms with Crippen LogP contribution >= 0.6 is 11.6 Å². The molecule has 5 nitrogen and oxygen atoms in total. The second kappa shape index (κ2) is 6.21. The highest BCUT2D eigenvalue weighted by molar-refractivity contribution is 6.29. The first-order valence-electron chi connectivity index (χ1n) is 6.46. The van der Waals surface area contributed by atoms with Crippen molar-refractivity contribution in [3.63, 3.8) is 0 Å². The Morgan fingerprint density at radius 2 is 2.05 bits per heavy atom.